The van der Waals surface area contributed by atoms with Crippen LogP contribution in [0.2, 0.25) is 0 Å². The minimum absolute atomic E-state index is 0.00199. The fraction of sp³-hybridized carbons (Fsp3) is 0.500. The predicted octanol–water partition coefficient (Wildman–Crippen LogP) is 4.43. The summed E-state index contributed by atoms with van der Waals surface area (Å²) in [5.41, 5.74) is -2.97. The van der Waals surface area contributed by atoms with Crippen LogP contribution in [-0.4, -0.2) is 17.7 Å². The normalized spacial score (nSPS) is 18.4. The van der Waals surface area contributed by atoms with Gasteiger partial charge in [-0.15, -0.1) is 0 Å². The predicted molar refractivity (Wildman–Crippen MR) is 73.9 cm³/mol. The van der Waals surface area contributed by atoms with Crippen molar-refractivity contribution in [3.05, 3.63) is 29.3 Å². The van der Waals surface area contributed by atoms with Crippen LogP contribution in [0.3, 0.4) is 0 Å². The number of benzene rings is 1. The molecule has 138 valence electrons. The number of ketones is 2. The molecular weight excluding hydrogens is 354 g/mol. The molecule has 0 spiro atoms. The van der Waals surface area contributed by atoms with E-state index in [1.165, 1.54) is 6.92 Å². The van der Waals surface area contributed by atoms with Crippen LogP contribution in [0.15, 0.2) is 18.2 Å². The van der Waals surface area contributed by atoms with E-state index in [9.17, 15) is 35.9 Å². The summed E-state index contributed by atoms with van der Waals surface area (Å²) in [4.78, 5) is 22.9. The molecule has 1 aromatic rings. The van der Waals surface area contributed by atoms with Gasteiger partial charge in [-0.05, 0) is 25.1 Å². The number of halogens is 6. The second-order valence-corrected chi connectivity index (χ2v) is 5.99. The molecule has 1 aromatic carbocycles. The number of carbonyl (C=O) groups excluding carboxylic acids is 2. The van der Waals surface area contributed by atoms with Crippen molar-refractivity contribution in [1.29, 1.82) is 0 Å². The minimum Gasteiger partial charge on any atom is -0.490 e. The Labute approximate surface area is 139 Å². The fourth-order valence-electron chi connectivity index (χ4n) is 2.66. The lowest BCUT2D eigenvalue weighted by Gasteiger charge is -2.27. The maximum absolute atomic E-state index is 12.8. The van der Waals surface area contributed by atoms with Gasteiger partial charge in [0.1, 0.15) is 17.3 Å². The van der Waals surface area contributed by atoms with Crippen molar-refractivity contribution < 1.29 is 40.7 Å². The van der Waals surface area contributed by atoms with Crippen molar-refractivity contribution >= 4 is 11.6 Å². The summed E-state index contributed by atoms with van der Waals surface area (Å²) < 4.78 is 82.1. The number of hydrogen-bond donors (Lipinski definition) is 0. The average molecular weight is 368 g/mol. The molecule has 1 atom stereocenters. The molecule has 9 heteroatoms. The van der Waals surface area contributed by atoms with Gasteiger partial charge < -0.3 is 4.74 Å². The van der Waals surface area contributed by atoms with Crippen molar-refractivity contribution in [2.45, 2.75) is 44.6 Å². The molecule has 1 fully saturated rings. The summed E-state index contributed by atoms with van der Waals surface area (Å²) in [6, 6.07) is 0.946. The van der Waals surface area contributed by atoms with Crippen molar-refractivity contribution in [3.63, 3.8) is 0 Å². The second-order valence-electron chi connectivity index (χ2n) is 5.99. The van der Waals surface area contributed by atoms with E-state index in [1.807, 2.05) is 0 Å². The molecule has 25 heavy (non-hydrogen) atoms. The summed E-state index contributed by atoms with van der Waals surface area (Å²) in [6.07, 6.45) is -11.0. The first kappa shape index (κ1) is 19.3. The van der Waals surface area contributed by atoms with Gasteiger partial charge in [0.25, 0.3) is 0 Å². The molecular formula is C16H14F6O3. The Hall–Kier alpha value is -2.06. The number of Topliss-reactive ketones (excluding diaryl/α,β-unsaturated/α-hetero) is 2. The highest BCUT2D eigenvalue weighted by molar-refractivity contribution is 6.01. The molecule has 0 heterocycles. The second kappa shape index (κ2) is 6.68. The molecule has 1 aliphatic rings. The number of ether oxygens (including phenoxy) is 1. The van der Waals surface area contributed by atoms with Gasteiger partial charge in [0.15, 0.2) is 0 Å². The lowest BCUT2D eigenvalue weighted by molar-refractivity contribution is -0.143. The fourth-order valence-corrected chi connectivity index (χ4v) is 2.66. The van der Waals surface area contributed by atoms with E-state index < -0.39 is 41.3 Å². The lowest BCUT2D eigenvalue weighted by atomic mass is 9.84. The van der Waals surface area contributed by atoms with Crippen LogP contribution in [-0.2, 0) is 21.9 Å². The number of alkyl halides is 6. The van der Waals surface area contributed by atoms with Crippen LogP contribution in [0.25, 0.3) is 0 Å². The van der Waals surface area contributed by atoms with E-state index in [0.717, 1.165) is 0 Å². The minimum atomic E-state index is -4.97. The van der Waals surface area contributed by atoms with Gasteiger partial charge in [0.05, 0.1) is 23.7 Å². The Morgan fingerprint density at radius 1 is 0.920 bits per heavy atom. The van der Waals surface area contributed by atoms with Crippen molar-refractivity contribution in [3.8, 4) is 5.75 Å². The first-order valence-corrected chi connectivity index (χ1v) is 7.36. The number of carbonyl (C=O) groups is 2. The molecule has 3 nitrogen and oxygen atoms in total. The summed E-state index contributed by atoms with van der Waals surface area (Å²) in [5, 5.41) is 0. The van der Waals surface area contributed by atoms with Gasteiger partial charge in [-0.25, -0.2) is 0 Å². The highest BCUT2D eigenvalue weighted by atomic mass is 19.4. The summed E-state index contributed by atoms with van der Waals surface area (Å²) in [5.74, 6) is -1.84. The lowest BCUT2D eigenvalue weighted by Crippen LogP contribution is -2.33. The zero-order valence-corrected chi connectivity index (χ0v) is 13.0. The maximum atomic E-state index is 12.8. The van der Waals surface area contributed by atoms with Crippen LogP contribution in [0.5, 0.6) is 5.75 Å². The molecule has 0 saturated heterocycles. The van der Waals surface area contributed by atoms with E-state index in [0.29, 0.717) is 12.1 Å². The van der Waals surface area contributed by atoms with E-state index in [-0.39, 0.29) is 36.9 Å². The topological polar surface area (TPSA) is 43.4 Å². The molecule has 2 rings (SSSR count). The van der Waals surface area contributed by atoms with E-state index in [2.05, 4.69) is 0 Å². The Morgan fingerprint density at radius 3 is 1.76 bits per heavy atom. The van der Waals surface area contributed by atoms with Crippen LogP contribution in [0.4, 0.5) is 26.3 Å². The van der Waals surface area contributed by atoms with Gasteiger partial charge in [-0.2, -0.15) is 26.3 Å². The molecule has 0 radical (unpaired) electrons. The van der Waals surface area contributed by atoms with E-state index >= 15 is 0 Å². The first-order valence-electron chi connectivity index (χ1n) is 7.36. The average Bonchev–Trinajstić information content (AvgIpc) is 2.44. The Balaban J connectivity index is 2.28. The monoisotopic (exact) mass is 368 g/mol. The maximum Gasteiger partial charge on any atom is 0.416 e. The van der Waals surface area contributed by atoms with Crippen molar-refractivity contribution in [2.24, 2.45) is 5.92 Å². The smallest absolute Gasteiger partial charge is 0.416 e. The zero-order valence-electron chi connectivity index (χ0n) is 13.0. The molecule has 0 N–H and O–H groups in total. The molecule has 0 bridgehead atoms. The SMILES string of the molecule is C[C@@H](Oc1cc(C(F)(F)F)cc(C(F)(F)F)c1)C1CC(=O)CC(=O)C1. The molecule has 0 aliphatic heterocycles. The third-order valence-corrected chi connectivity index (χ3v) is 3.92. The van der Waals surface area contributed by atoms with Gasteiger partial charge in [-0.1, -0.05) is 0 Å². The summed E-state index contributed by atoms with van der Waals surface area (Å²) >= 11 is 0. The summed E-state index contributed by atoms with van der Waals surface area (Å²) in [6.45, 7) is 1.41. The van der Waals surface area contributed by atoms with Crippen LogP contribution < -0.4 is 4.74 Å². The zero-order chi connectivity index (χ0) is 19.0. The Bertz CT molecular complexity index is 629. The molecule has 1 aliphatic carbocycles. The third-order valence-electron chi connectivity index (χ3n) is 3.92. The Morgan fingerprint density at radius 2 is 1.36 bits per heavy atom. The first-order chi connectivity index (χ1) is 11.4. The van der Waals surface area contributed by atoms with Gasteiger partial charge >= 0.3 is 12.4 Å². The largest absolute Gasteiger partial charge is 0.490 e. The molecule has 0 aromatic heterocycles. The van der Waals surface area contributed by atoms with E-state index in [4.69, 9.17) is 4.74 Å². The Kier molecular flexibility index (Phi) is 5.15. The van der Waals surface area contributed by atoms with Gasteiger partial charge in [0, 0.05) is 18.8 Å². The van der Waals surface area contributed by atoms with Crippen molar-refractivity contribution in [2.75, 3.05) is 0 Å². The summed E-state index contributed by atoms with van der Waals surface area (Å²) in [7, 11) is 0. The van der Waals surface area contributed by atoms with E-state index in [1.54, 1.807) is 0 Å². The van der Waals surface area contributed by atoms with Crippen molar-refractivity contribution in [1.82, 2.24) is 0 Å². The van der Waals surface area contributed by atoms with Crippen LogP contribution in [0, 0.1) is 5.92 Å². The van der Waals surface area contributed by atoms with Gasteiger partial charge in [0.2, 0.25) is 0 Å². The molecule has 1 saturated carbocycles. The van der Waals surface area contributed by atoms with Gasteiger partial charge in [-0.3, -0.25) is 9.59 Å². The van der Waals surface area contributed by atoms with Crippen LogP contribution >= 0.6 is 0 Å². The van der Waals surface area contributed by atoms with Crippen LogP contribution in [0.1, 0.15) is 37.3 Å². The number of rotatable bonds is 3. The standard InChI is InChI=1S/C16H14F6O3/c1-8(9-2-12(23)7-13(24)3-9)25-14-5-10(15(17,18)19)4-11(6-14)16(20,21)22/h4-6,8-9H,2-3,7H2,1H3/t8-/m1/s1. The molecule has 0 unspecified atom stereocenters. The highest BCUT2D eigenvalue weighted by Crippen LogP contribution is 2.39. The molecule has 0 amide bonds. The quantitative estimate of drug-likeness (QED) is 0.586. The highest BCUT2D eigenvalue weighted by Gasteiger charge is 2.38. The number of hydrogen-bond acceptors (Lipinski definition) is 3. The third kappa shape index (κ3) is 4.96.